The lowest BCUT2D eigenvalue weighted by molar-refractivity contribution is 0.723. The smallest absolute Gasteiger partial charge is 0.160 e. The van der Waals surface area contributed by atoms with Gasteiger partial charge in [-0.2, -0.15) is 0 Å². The Bertz CT molecular complexity index is 3190. The molecule has 0 fully saturated rings. The Hall–Kier alpha value is -7.40. The van der Waals surface area contributed by atoms with Crippen LogP contribution in [-0.4, -0.2) is 15.0 Å². The summed E-state index contributed by atoms with van der Waals surface area (Å²) in [6.07, 6.45) is 1.91. The van der Waals surface area contributed by atoms with E-state index in [1.54, 1.807) is 0 Å². The van der Waals surface area contributed by atoms with Crippen LogP contribution in [0.25, 0.3) is 78.2 Å². The maximum atomic E-state index is 5.28. The molecule has 8 aromatic carbocycles. The van der Waals surface area contributed by atoms with Gasteiger partial charge in [0.1, 0.15) is 0 Å². The van der Waals surface area contributed by atoms with Crippen molar-refractivity contribution in [3.63, 3.8) is 0 Å². The van der Waals surface area contributed by atoms with Crippen molar-refractivity contribution in [1.29, 1.82) is 0 Å². The Morgan fingerprint density at radius 3 is 1.58 bits per heavy atom. The molecule has 12 rings (SSSR count). The first-order chi connectivity index (χ1) is 29.7. The zero-order chi connectivity index (χ0) is 39.6. The van der Waals surface area contributed by atoms with Gasteiger partial charge < -0.3 is 0 Å². The molecule has 0 bridgehead atoms. The lowest BCUT2D eigenvalue weighted by Gasteiger charge is -2.40. The van der Waals surface area contributed by atoms with Gasteiger partial charge in [-0.25, -0.2) is 9.97 Å². The van der Waals surface area contributed by atoms with Crippen molar-refractivity contribution in [2.75, 3.05) is 0 Å². The molecule has 0 atom stereocenters. The third kappa shape index (κ3) is 5.42. The fourth-order valence-electron chi connectivity index (χ4n) is 9.51. The van der Waals surface area contributed by atoms with Gasteiger partial charge in [-0.1, -0.05) is 176 Å². The first kappa shape index (κ1) is 34.6. The summed E-state index contributed by atoms with van der Waals surface area (Å²) in [6.45, 7) is 0. The van der Waals surface area contributed by atoms with Gasteiger partial charge in [0, 0.05) is 43.6 Å². The van der Waals surface area contributed by atoms with Gasteiger partial charge in [-0.05, 0) is 92.4 Å². The third-order valence-electron chi connectivity index (χ3n) is 12.2. The largest absolute Gasteiger partial charge is 0.256 e. The number of pyridine rings is 1. The number of fused-ring (bicyclic) bond motifs is 10. The molecule has 1 aliphatic heterocycles. The predicted molar refractivity (Wildman–Crippen MR) is 246 cm³/mol. The molecule has 3 heterocycles. The van der Waals surface area contributed by atoms with Crippen LogP contribution >= 0.6 is 11.8 Å². The highest BCUT2D eigenvalue weighted by atomic mass is 32.2. The quantitative estimate of drug-likeness (QED) is 0.174. The van der Waals surface area contributed by atoms with Gasteiger partial charge in [0.05, 0.1) is 22.5 Å². The van der Waals surface area contributed by atoms with Crippen LogP contribution in [0.15, 0.2) is 222 Å². The van der Waals surface area contributed by atoms with Crippen LogP contribution in [0, 0.1) is 0 Å². The van der Waals surface area contributed by atoms with Crippen LogP contribution < -0.4 is 0 Å². The van der Waals surface area contributed by atoms with Gasteiger partial charge in [-0.3, -0.25) is 4.98 Å². The molecule has 1 aliphatic carbocycles. The Labute approximate surface area is 353 Å². The minimum atomic E-state index is -0.580. The molecule has 3 nitrogen and oxygen atoms in total. The van der Waals surface area contributed by atoms with Crippen LogP contribution in [0.5, 0.6) is 0 Å². The van der Waals surface area contributed by atoms with Crippen molar-refractivity contribution in [1.82, 2.24) is 15.0 Å². The molecule has 280 valence electrons. The molecule has 60 heavy (non-hydrogen) atoms. The van der Waals surface area contributed by atoms with E-state index in [1.807, 2.05) is 30.1 Å². The summed E-state index contributed by atoms with van der Waals surface area (Å²) in [4.78, 5) is 17.9. The van der Waals surface area contributed by atoms with Gasteiger partial charge in [0.25, 0.3) is 0 Å². The molecule has 10 aromatic rings. The van der Waals surface area contributed by atoms with E-state index < -0.39 is 5.41 Å². The van der Waals surface area contributed by atoms with Crippen LogP contribution in [0.1, 0.15) is 22.3 Å². The van der Waals surface area contributed by atoms with E-state index in [2.05, 4.69) is 194 Å². The van der Waals surface area contributed by atoms with E-state index in [9.17, 15) is 0 Å². The normalized spacial score (nSPS) is 13.1. The molecule has 0 radical (unpaired) electrons. The average Bonchev–Trinajstić information content (AvgIpc) is 3.62. The Balaban J connectivity index is 1.08. The minimum absolute atomic E-state index is 0.580. The number of hydrogen-bond donors (Lipinski definition) is 0. The Kier molecular flexibility index (Phi) is 8.00. The van der Waals surface area contributed by atoms with Gasteiger partial charge in [0.2, 0.25) is 0 Å². The van der Waals surface area contributed by atoms with Crippen molar-refractivity contribution < 1.29 is 0 Å². The summed E-state index contributed by atoms with van der Waals surface area (Å²) >= 11 is 1.85. The van der Waals surface area contributed by atoms with Gasteiger partial charge >= 0.3 is 0 Å². The van der Waals surface area contributed by atoms with Crippen LogP contribution in [0.4, 0.5) is 0 Å². The van der Waals surface area contributed by atoms with E-state index in [0.29, 0.717) is 5.82 Å². The summed E-state index contributed by atoms with van der Waals surface area (Å²) < 4.78 is 0. The average molecular weight is 782 g/mol. The molecule has 2 aromatic heterocycles. The maximum Gasteiger partial charge on any atom is 0.160 e. The fraction of sp³-hybridized carbons (Fsp3) is 0.0179. The number of rotatable bonds is 5. The van der Waals surface area contributed by atoms with Gasteiger partial charge in [0.15, 0.2) is 5.82 Å². The number of aromatic nitrogens is 3. The highest BCUT2D eigenvalue weighted by Crippen LogP contribution is 2.62. The number of benzene rings is 8. The van der Waals surface area contributed by atoms with Gasteiger partial charge in [-0.15, -0.1) is 0 Å². The summed E-state index contributed by atoms with van der Waals surface area (Å²) in [6, 6.07) is 74.3. The van der Waals surface area contributed by atoms with E-state index in [-0.39, 0.29) is 0 Å². The van der Waals surface area contributed by atoms with Crippen LogP contribution in [0.3, 0.4) is 0 Å². The van der Waals surface area contributed by atoms with E-state index in [1.165, 1.54) is 54.1 Å². The fourth-order valence-corrected chi connectivity index (χ4v) is 10.7. The molecule has 2 aliphatic rings. The molecule has 0 N–H and O–H groups in total. The SMILES string of the molecule is c1ccc(-c2cc(-c3ccccc3)nc(-c3ccc4c(c3)C3(c5cc(-c6cccc(-c7nccc8ccccc78)c6)ccc5S4)c4ccccc4-c4ccccc43)n2)cc1. The van der Waals surface area contributed by atoms with E-state index in [4.69, 9.17) is 15.0 Å². The molecule has 4 heteroatoms. The standard InChI is InChI=1S/C56H35N3S/c1-3-15-37(16-4-1)50-35-51(38-17-5-2-6-18-38)59-55(58-50)42-27-29-53-49(34-42)56(46-24-11-9-22-44(46)45-23-10-12-25-47(45)56)48-33-40(26-28-52(48)60-53)39-19-13-20-41(32-39)54-43-21-8-7-14-36(43)30-31-57-54/h1-35H. The minimum Gasteiger partial charge on any atom is -0.256 e. The highest BCUT2D eigenvalue weighted by molar-refractivity contribution is 7.99. The molecule has 0 saturated heterocycles. The van der Waals surface area contributed by atoms with E-state index >= 15 is 0 Å². The second-order valence-corrected chi connectivity index (χ2v) is 16.6. The summed E-state index contributed by atoms with van der Waals surface area (Å²) in [5.74, 6) is 0.705. The topological polar surface area (TPSA) is 38.7 Å². The van der Waals surface area contributed by atoms with Crippen molar-refractivity contribution >= 4 is 22.5 Å². The Morgan fingerprint density at radius 1 is 0.367 bits per heavy atom. The lowest BCUT2D eigenvalue weighted by atomic mass is 9.66. The highest BCUT2D eigenvalue weighted by Gasteiger charge is 2.50. The lowest BCUT2D eigenvalue weighted by Crippen LogP contribution is -2.32. The molecule has 0 amide bonds. The second kappa shape index (κ2) is 13.9. The summed E-state index contributed by atoms with van der Waals surface area (Å²) in [5.41, 5.74) is 16.4. The summed E-state index contributed by atoms with van der Waals surface area (Å²) in [7, 11) is 0. The predicted octanol–water partition coefficient (Wildman–Crippen LogP) is 14.2. The van der Waals surface area contributed by atoms with E-state index in [0.717, 1.165) is 50.3 Å². The van der Waals surface area contributed by atoms with Crippen molar-refractivity contribution in [3.05, 3.63) is 235 Å². The van der Waals surface area contributed by atoms with Crippen molar-refractivity contribution in [2.24, 2.45) is 0 Å². The zero-order valence-electron chi connectivity index (χ0n) is 32.5. The first-order valence-corrected chi connectivity index (χ1v) is 21.2. The molecular weight excluding hydrogens is 747 g/mol. The second-order valence-electron chi connectivity index (χ2n) is 15.5. The van der Waals surface area contributed by atoms with Crippen molar-refractivity contribution in [2.45, 2.75) is 15.2 Å². The molecule has 0 saturated carbocycles. The zero-order valence-corrected chi connectivity index (χ0v) is 33.3. The monoisotopic (exact) mass is 781 g/mol. The van der Waals surface area contributed by atoms with Crippen molar-refractivity contribution in [3.8, 4) is 67.4 Å². The first-order valence-electron chi connectivity index (χ1n) is 20.3. The number of hydrogen-bond acceptors (Lipinski definition) is 4. The number of nitrogens with zero attached hydrogens (tertiary/aromatic N) is 3. The Morgan fingerprint density at radius 2 is 0.900 bits per heavy atom. The molecule has 0 unspecified atom stereocenters. The third-order valence-corrected chi connectivity index (χ3v) is 13.4. The molecule has 1 spiro atoms. The molecular formula is C56H35N3S. The van der Waals surface area contributed by atoms with Crippen LogP contribution in [-0.2, 0) is 5.41 Å². The summed E-state index contributed by atoms with van der Waals surface area (Å²) in [5, 5.41) is 2.34. The maximum absolute atomic E-state index is 5.28. The van der Waals surface area contributed by atoms with Crippen LogP contribution in [0.2, 0.25) is 0 Å².